The molecule has 0 aromatic heterocycles. The van der Waals surface area contributed by atoms with E-state index in [0.717, 1.165) is 6.29 Å². The Hall–Kier alpha value is -3.22. The van der Waals surface area contributed by atoms with Gasteiger partial charge in [0.15, 0.2) is 0 Å². The highest BCUT2D eigenvalue weighted by Gasteiger charge is 2.28. The minimum absolute atomic E-state index is 0.0759. The Kier molecular flexibility index (Phi) is 3.76. The van der Waals surface area contributed by atoms with Crippen LogP contribution in [0.25, 0.3) is 0 Å². The average Bonchev–Trinajstić information content (AvgIpc) is 2.60. The van der Waals surface area contributed by atoms with E-state index in [2.05, 4.69) is 5.32 Å². The van der Waals surface area contributed by atoms with Gasteiger partial charge in [0.25, 0.3) is 11.6 Å². The molecule has 7 heteroatoms. The molecular weight excluding hydrogens is 298 g/mol. The Labute approximate surface area is 131 Å². The fourth-order valence-electron chi connectivity index (χ4n) is 2.52. The molecule has 3 rings (SSSR count). The van der Waals surface area contributed by atoms with Crippen LogP contribution < -0.4 is 10.2 Å². The normalized spacial score (nSPS) is 16.2. The number of nitrogens with zero attached hydrogens (tertiary/aromatic N) is 2. The predicted octanol–water partition coefficient (Wildman–Crippen LogP) is 2.23. The third kappa shape index (κ3) is 2.76. The van der Waals surface area contributed by atoms with Crippen LogP contribution in [0.1, 0.15) is 10.4 Å². The van der Waals surface area contributed by atoms with Gasteiger partial charge in [-0.05, 0) is 24.3 Å². The number of nitrogens with one attached hydrogen (secondary N) is 1. The van der Waals surface area contributed by atoms with E-state index in [1.54, 1.807) is 18.2 Å². The number of aldehydes is 1. The van der Waals surface area contributed by atoms with E-state index in [9.17, 15) is 19.7 Å². The Morgan fingerprint density at radius 2 is 1.91 bits per heavy atom. The maximum absolute atomic E-state index is 12.7. The van der Waals surface area contributed by atoms with Crippen LogP contribution in [0.15, 0.2) is 48.5 Å². The van der Waals surface area contributed by atoms with E-state index in [0.29, 0.717) is 16.9 Å². The first-order valence-electron chi connectivity index (χ1n) is 6.97. The number of para-hydroxylation sites is 2. The van der Waals surface area contributed by atoms with Gasteiger partial charge in [-0.2, -0.15) is 0 Å². The van der Waals surface area contributed by atoms with Crippen molar-refractivity contribution < 1.29 is 14.5 Å². The molecule has 0 saturated heterocycles. The van der Waals surface area contributed by atoms with Crippen molar-refractivity contribution in [2.75, 3.05) is 16.8 Å². The summed E-state index contributed by atoms with van der Waals surface area (Å²) in [7, 11) is 0. The Balaban J connectivity index is 1.95. The van der Waals surface area contributed by atoms with Crippen molar-refractivity contribution in [1.82, 2.24) is 0 Å². The molecule has 0 fully saturated rings. The molecule has 1 amide bonds. The van der Waals surface area contributed by atoms with E-state index in [-0.39, 0.29) is 18.1 Å². The quantitative estimate of drug-likeness (QED) is 0.533. The predicted molar refractivity (Wildman–Crippen MR) is 84.7 cm³/mol. The summed E-state index contributed by atoms with van der Waals surface area (Å²) in [6, 6.07) is 12.1. The van der Waals surface area contributed by atoms with Crippen molar-refractivity contribution in [2.45, 2.75) is 6.04 Å². The summed E-state index contributed by atoms with van der Waals surface area (Å²) >= 11 is 0. The number of nitro groups is 1. The molecule has 1 aliphatic rings. The minimum atomic E-state index is -0.517. The van der Waals surface area contributed by atoms with E-state index in [1.165, 1.54) is 29.2 Å². The fourth-order valence-corrected chi connectivity index (χ4v) is 2.52. The van der Waals surface area contributed by atoms with Crippen LogP contribution >= 0.6 is 0 Å². The zero-order valence-corrected chi connectivity index (χ0v) is 12.0. The van der Waals surface area contributed by atoms with Crippen LogP contribution in [-0.4, -0.2) is 29.7 Å². The van der Waals surface area contributed by atoms with Crippen LogP contribution in [0.2, 0.25) is 0 Å². The van der Waals surface area contributed by atoms with Crippen LogP contribution in [-0.2, 0) is 4.79 Å². The Bertz CT molecular complexity index is 773. The number of fused-ring (bicyclic) bond motifs is 1. The lowest BCUT2D eigenvalue weighted by molar-refractivity contribution is -0.384. The molecule has 2 aromatic rings. The SMILES string of the molecule is O=CC1CN(C(=O)c2ccc([N+](=O)[O-])cc2)c2ccccc2N1. The Morgan fingerprint density at radius 1 is 1.22 bits per heavy atom. The van der Waals surface area contributed by atoms with Gasteiger partial charge in [-0.15, -0.1) is 0 Å². The molecule has 1 aliphatic heterocycles. The van der Waals surface area contributed by atoms with Gasteiger partial charge in [-0.3, -0.25) is 14.9 Å². The third-order valence-corrected chi connectivity index (χ3v) is 3.65. The summed E-state index contributed by atoms with van der Waals surface area (Å²) < 4.78 is 0. The molecule has 0 radical (unpaired) electrons. The summed E-state index contributed by atoms with van der Waals surface area (Å²) in [5, 5.41) is 13.7. The molecule has 1 heterocycles. The number of non-ortho nitro benzene ring substituents is 1. The second-order valence-electron chi connectivity index (χ2n) is 5.12. The molecule has 1 unspecified atom stereocenters. The summed E-state index contributed by atoms with van der Waals surface area (Å²) in [5.74, 6) is -0.305. The van der Waals surface area contributed by atoms with Gasteiger partial charge < -0.3 is 15.0 Å². The van der Waals surface area contributed by atoms with Crippen LogP contribution in [0.3, 0.4) is 0 Å². The molecule has 0 saturated carbocycles. The molecule has 116 valence electrons. The first kappa shape index (κ1) is 14.7. The number of nitro benzene ring substituents is 1. The molecule has 2 aromatic carbocycles. The van der Waals surface area contributed by atoms with E-state index in [1.807, 2.05) is 6.07 Å². The van der Waals surface area contributed by atoms with Gasteiger partial charge in [0, 0.05) is 17.7 Å². The second-order valence-corrected chi connectivity index (χ2v) is 5.12. The Morgan fingerprint density at radius 3 is 2.57 bits per heavy atom. The van der Waals surface area contributed by atoms with Gasteiger partial charge in [0.05, 0.1) is 22.8 Å². The number of amides is 1. The van der Waals surface area contributed by atoms with Crippen molar-refractivity contribution in [3.63, 3.8) is 0 Å². The number of rotatable bonds is 3. The van der Waals surface area contributed by atoms with Gasteiger partial charge in [-0.1, -0.05) is 12.1 Å². The first-order chi connectivity index (χ1) is 11.1. The topological polar surface area (TPSA) is 92.5 Å². The lowest BCUT2D eigenvalue weighted by atomic mass is 10.1. The summed E-state index contributed by atoms with van der Waals surface area (Å²) in [5.41, 5.74) is 1.63. The summed E-state index contributed by atoms with van der Waals surface area (Å²) in [6.07, 6.45) is 0.756. The van der Waals surface area contributed by atoms with Crippen molar-refractivity contribution in [2.24, 2.45) is 0 Å². The molecule has 1 atom stereocenters. The number of hydrogen-bond donors (Lipinski definition) is 1. The number of carbonyl (C=O) groups excluding carboxylic acids is 2. The minimum Gasteiger partial charge on any atom is -0.372 e. The number of anilines is 2. The molecule has 7 nitrogen and oxygen atoms in total. The van der Waals surface area contributed by atoms with Gasteiger partial charge in [-0.25, -0.2) is 0 Å². The molecule has 0 aliphatic carbocycles. The van der Waals surface area contributed by atoms with Crippen LogP contribution in [0.4, 0.5) is 17.1 Å². The van der Waals surface area contributed by atoms with Crippen LogP contribution in [0.5, 0.6) is 0 Å². The van der Waals surface area contributed by atoms with Crippen molar-refractivity contribution >= 4 is 29.3 Å². The highest BCUT2D eigenvalue weighted by molar-refractivity contribution is 6.09. The maximum atomic E-state index is 12.7. The lowest BCUT2D eigenvalue weighted by Gasteiger charge is -2.33. The first-order valence-corrected chi connectivity index (χ1v) is 6.97. The standard InChI is InChI=1S/C16H13N3O4/c20-10-12-9-18(15-4-2-1-3-14(15)17-12)16(21)11-5-7-13(8-6-11)19(22)23/h1-8,10,12,17H,9H2. The highest BCUT2D eigenvalue weighted by Crippen LogP contribution is 2.31. The largest absolute Gasteiger partial charge is 0.372 e. The average molecular weight is 311 g/mol. The van der Waals surface area contributed by atoms with Crippen LogP contribution in [0, 0.1) is 10.1 Å². The van der Waals surface area contributed by atoms with Gasteiger partial charge in [0.1, 0.15) is 12.3 Å². The highest BCUT2D eigenvalue weighted by atomic mass is 16.6. The van der Waals surface area contributed by atoms with Gasteiger partial charge in [0.2, 0.25) is 0 Å². The number of benzene rings is 2. The van der Waals surface area contributed by atoms with Crippen molar-refractivity contribution in [3.05, 3.63) is 64.2 Å². The molecule has 23 heavy (non-hydrogen) atoms. The summed E-state index contributed by atoms with van der Waals surface area (Å²) in [4.78, 5) is 35.5. The monoisotopic (exact) mass is 311 g/mol. The maximum Gasteiger partial charge on any atom is 0.269 e. The fraction of sp³-hybridized carbons (Fsp3) is 0.125. The van der Waals surface area contributed by atoms with Gasteiger partial charge >= 0.3 is 0 Å². The van der Waals surface area contributed by atoms with E-state index in [4.69, 9.17) is 0 Å². The smallest absolute Gasteiger partial charge is 0.269 e. The molecule has 0 spiro atoms. The van der Waals surface area contributed by atoms with E-state index >= 15 is 0 Å². The lowest BCUT2D eigenvalue weighted by Crippen LogP contribution is -2.45. The zero-order chi connectivity index (χ0) is 16.4. The van der Waals surface area contributed by atoms with E-state index < -0.39 is 11.0 Å². The zero-order valence-electron chi connectivity index (χ0n) is 12.0. The molecule has 0 bridgehead atoms. The van der Waals surface area contributed by atoms with Crippen molar-refractivity contribution in [3.8, 4) is 0 Å². The second kappa shape index (κ2) is 5.88. The third-order valence-electron chi connectivity index (χ3n) is 3.65. The summed E-state index contributed by atoms with van der Waals surface area (Å²) in [6.45, 7) is 0.205. The number of carbonyl (C=O) groups is 2. The number of hydrogen-bond acceptors (Lipinski definition) is 5. The molecular formula is C16H13N3O4. The van der Waals surface area contributed by atoms with Crippen molar-refractivity contribution in [1.29, 1.82) is 0 Å². The molecule has 1 N–H and O–H groups in total.